The lowest BCUT2D eigenvalue weighted by molar-refractivity contribution is 0.101. The van der Waals surface area contributed by atoms with Gasteiger partial charge in [0.05, 0.1) is 5.56 Å². The number of nitrogens with zero attached hydrogens (tertiary/aromatic N) is 1. The number of phenols is 1. The summed E-state index contributed by atoms with van der Waals surface area (Å²) in [5.41, 5.74) is 0.727. The predicted molar refractivity (Wildman–Crippen MR) is 87.0 cm³/mol. The Morgan fingerprint density at radius 1 is 1.29 bits per heavy atom. The first-order valence-corrected chi connectivity index (χ1v) is 8.78. The molecule has 0 radical (unpaired) electrons. The van der Waals surface area contributed by atoms with Crippen LogP contribution >= 0.6 is 23.9 Å². The third kappa shape index (κ3) is 4.31. The summed E-state index contributed by atoms with van der Waals surface area (Å²) in [6.45, 7) is 3.33. The van der Waals surface area contributed by atoms with Gasteiger partial charge in [0.1, 0.15) is 11.5 Å². The first kappa shape index (κ1) is 17.7. The van der Waals surface area contributed by atoms with Gasteiger partial charge in [-0.1, -0.05) is 13.3 Å². The summed E-state index contributed by atoms with van der Waals surface area (Å²) in [6.07, 6.45) is 4.28. The van der Waals surface area contributed by atoms with E-state index in [0.29, 0.717) is 12.0 Å². The molecular formula is C14H19NO4S2. The molecule has 21 heavy (non-hydrogen) atoms. The molecule has 5 nitrogen and oxygen atoms in total. The van der Waals surface area contributed by atoms with Crippen LogP contribution < -0.4 is 4.74 Å². The second-order valence-corrected chi connectivity index (χ2v) is 5.93. The number of benzene rings is 1. The van der Waals surface area contributed by atoms with Crippen LogP contribution in [0.15, 0.2) is 12.1 Å². The molecule has 0 atom stereocenters. The molecule has 0 saturated carbocycles. The molecule has 0 aliphatic heterocycles. The van der Waals surface area contributed by atoms with E-state index in [2.05, 4.69) is 0 Å². The summed E-state index contributed by atoms with van der Waals surface area (Å²) in [5.74, 6) is -0.0375. The second-order valence-electron chi connectivity index (χ2n) is 4.23. The Kier molecular flexibility index (Phi) is 6.91. The lowest BCUT2D eigenvalue weighted by atomic mass is 10.0. The molecule has 0 spiro atoms. The van der Waals surface area contributed by atoms with E-state index in [0.717, 1.165) is 6.42 Å². The van der Waals surface area contributed by atoms with Gasteiger partial charge in [0.2, 0.25) is 0 Å². The SMILES string of the molecule is CCCc1c(OC(=O)N(SC)SC)ccc(C(C)=O)c1O. The second kappa shape index (κ2) is 8.19. The number of hydrogen-bond acceptors (Lipinski definition) is 6. The molecule has 0 fully saturated rings. The fourth-order valence-electron chi connectivity index (χ4n) is 1.84. The van der Waals surface area contributed by atoms with Crippen molar-refractivity contribution in [3.63, 3.8) is 0 Å². The van der Waals surface area contributed by atoms with Gasteiger partial charge < -0.3 is 9.84 Å². The normalized spacial score (nSPS) is 10.3. The van der Waals surface area contributed by atoms with Gasteiger partial charge in [-0.15, -0.1) is 0 Å². The topological polar surface area (TPSA) is 66.8 Å². The average Bonchev–Trinajstić information content (AvgIpc) is 2.43. The number of rotatable bonds is 6. The van der Waals surface area contributed by atoms with Gasteiger partial charge in [-0.3, -0.25) is 4.79 Å². The van der Waals surface area contributed by atoms with Crippen LogP contribution in [0.2, 0.25) is 0 Å². The van der Waals surface area contributed by atoms with Crippen molar-refractivity contribution in [2.75, 3.05) is 12.5 Å². The fraction of sp³-hybridized carbons (Fsp3) is 0.429. The summed E-state index contributed by atoms with van der Waals surface area (Å²) < 4.78 is 6.71. The molecule has 1 aromatic rings. The number of aromatic hydroxyl groups is 1. The summed E-state index contributed by atoms with van der Waals surface area (Å²) in [6, 6.07) is 3.03. The number of carbonyl (C=O) groups excluding carboxylic acids is 2. The van der Waals surface area contributed by atoms with Crippen molar-refractivity contribution in [2.24, 2.45) is 0 Å². The highest BCUT2D eigenvalue weighted by molar-refractivity contribution is 8.12. The van der Waals surface area contributed by atoms with Crippen LogP contribution in [-0.4, -0.2) is 33.2 Å². The van der Waals surface area contributed by atoms with Crippen molar-refractivity contribution in [1.29, 1.82) is 0 Å². The number of ether oxygens (including phenoxy) is 1. The van der Waals surface area contributed by atoms with Gasteiger partial charge in [-0.2, -0.15) is 3.71 Å². The van der Waals surface area contributed by atoms with Crippen LogP contribution in [0.5, 0.6) is 11.5 Å². The molecule has 0 heterocycles. The summed E-state index contributed by atoms with van der Waals surface area (Å²) in [7, 11) is 0. The maximum atomic E-state index is 12.0. The summed E-state index contributed by atoms with van der Waals surface area (Å²) >= 11 is 2.47. The summed E-state index contributed by atoms with van der Waals surface area (Å²) in [5, 5.41) is 10.2. The van der Waals surface area contributed by atoms with Gasteiger partial charge >= 0.3 is 6.09 Å². The standard InChI is InChI=1S/C14H19NO4S2/c1-5-6-11-12(19-14(18)15(20-3)21-4)8-7-10(9(2)16)13(11)17/h7-8,17H,5-6H2,1-4H3. The van der Waals surface area contributed by atoms with E-state index in [4.69, 9.17) is 4.74 Å². The van der Waals surface area contributed by atoms with Gasteiger partial charge in [0.15, 0.2) is 5.78 Å². The number of carbonyl (C=O) groups is 2. The molecule has 0 aliphatic rings. The number of amides is 1. The highest BCUT2D eigenvalue weighted by atomic mass is 32.2. The van der Waals surface area contributed by atoms with E-state index in [1.165, 1.54) is 40.6 Å². The molecule has 116 valence electrons. The Morgan fingerprint density at radius 2 is 1.90 bits per heavy atom. The molecule has 0 aromatic heterocycles. The first-order valence-electron chi connectivity index (χ1n) is 6.42. The molecule has 0 bridgehead atoms. The van der Waals surface area contributed by atoms with Crippen LogP contribution in [-0.2, 0) is 6.42 Å². The minimum absolute atomic E-state index is 0.102. The molecule has 0 unspecified atom stereocenters. The van der Waals surface area contributed by atoms with Crippen LogP contribution in [0.3, 0.4) is 0 Å². The van der Waals surface area contributed by atoms with Gasteiger partial charge in [-0.25, -0.2) is 4.79 Å². The van der Waals surface area contributed by atoms with Crippen LogP contribution in [0.25, 0.3) is 0 Å². The minimum atomic E-state index is -0.526. The van der Waals surface area contributed by atoms with Gasteiger partial charge in [-0.05, 0) is 49.4 Å². The van der Waals surface area contributed by atoms with Crippen LogP contribution in [0.1, 0.15) is 36.2 Å². The molecule has 7 heteroatoms. The van der Waals surface area contributed by atoms with Crippen molar-refractivity contribution in [3.8, 4) is 11.5 Å². The lowest BCUT2D eigenvalue weighted by Crippen LogP contribution is -2.21. The third-order valence-corrected chi connectivity index (χ3v) is 4.65. The maximum absolute atomic E-state index is 12.0. The predicted octanol–water partition coefficient (Wildman–Crippen LogP) is 3.90. The third-order valence-electron chi connectivity index (χ3n) is 2.80. The number of Topliss-reactive ketones (excluding diaryl/α,β-unsaturated/α-hetero) is 1. The maximum Gasteiger partial charge on any atom is 0.435 e. The Labute approximate surface area is 133 Å². The Balaban J connectivity index is 3.15. The number of hydrogen-bond donors (Lipinski definition) is 1. The molecule has 1 aromatic carbocycles. The molecule has 1 amide bonds. The van der Waals surface area contributed by atoms with Crippen molar-refractivity contribution in [3.05, 3.63) is 23.3 Å². The monoisotopic (exact) mass is 329 g/mol. The zero-order chi connectivity index (χ0) is 16.0. The molecule has 0 saturated heterocycles. The average molecular weight is 329 g/mol. The highest BCUT2D eigenvalue weighted by Crippen LogP contribution is 2.34. The Bertz CT molecular complexity index is 530. The fourth-order valence-corrected chi connectivity index (χ4v) is 2.81. The van der Waals surface area contributed by atoms with E-state index < -0.39 is 6.09 Å². The van der Waals surface area contributed by atoms with E-state index in [-0.39, 0.29) is 22.8 Å². The smallest absolute Gasteiger partial charge is 0.435 e. The Morgan fingerprint density at radius 3 is 2.38 bits per heavy atom. The Hall–Kier alpha value is -1.34. The molecule has 1 rings (SSSR count). The zero-order valence-corrected chi connectivity index (χ0v) is 14.1. The van der Waals surface area contributed by atoms with Gasteiger partial charge in [0, 0.05) is 18.1 Å². The lowest BCUT2D eigenvalue weighted by Gasteiger charge is -2.18. The van der Waals surface area contributed by atoms with Crippen molar-refractivity contribution >= 4 is 35.8 Å². The molecular weight excluding hydrogens is 310 g/mol. The first-order chi connectivity index (χ1) is 9.96. The van der Waals surface area contributed by atoms with E-state index in [9.17, 15) is 14.7 Å². The van der Waals surface area contributed by atoms with E-state index >= 15 is 0 Å². The quantitative estimate of drug-likeness (QED) is 0.630. The zero-order valence-electron chi connectivity index (χ0n) is 12.5. The number of ketones is 1. The summed E-state index contributed by atoms with van der Waals surface area (Å²) in [4.78, 5) is 23.4. The van der Waals surface area contributed by atoms with E-state index in [1.54, 1.807) is 18.6 Å². The largest absolute Gasteiger partial charge is 0.507 e. The van der Waals surface area contributed by atoms with Crippen LogP contribution in [0.4, 0.5) is 4.79 Å². The van der Waals surface area contributed by atoms with Crippen molar-refractivity contribution in [1.82, 2.24) is 3.71 Å². The highest BCUT2D eigenvalue weighted by Gasteiger charge is 2.20. The minimum Gasteiger partial charge on any atom is -0.507 e. The van der Waals surface area contributed by atoms with Gasteiger partial charge in [0.25, 0.3) is 0 Å². The molecule has 1 N–H and O–H groups in total. The van der Waals surface area contributed by atoms with Crippen LogP contribution in [0, 0.1) is 0 Å². The van der Waals surface area contributed by atoms with E-state index in [1.807, 2.05) is 6.92 Å². The van der Waals surface area contributed by atoms with Crippen molar-refractivity contribution in [2.45, 2.75) is 26.7 Å². The number of phenolic OH excluding ortho intramolecular Hbond substituents is 1. The van der Waals surface area contributed by atoms with Crippen molar-refractivity contribution < 1.29 is 19.4 Å². The molecule has 0 aliphatic carbocycles.